The van der Waals surface area contributed by atoms with E-state index in [0.717, 1.165) is 46.8 Å². The van der Waals surface area contributed by atoms with Crippen molar-refractivity contribution in [3.8, 4) is 5.75 Å². The van der Waals surface area contributed by atoms with Crippen molar-refractivity contribution in [1.82, 2.24) is 10.2 Å². The Bertz CT molecular complexity index is 951. The van der Waals surface area contributed by atoms with E-state index < -0.39 is 6.04 Å². The molecule has 1 atom stereocenters. The van der Waals surface area contributed by atoms with Crippen LogP contribution in [-0.2, 0) is 16.1 Å². The lowest BCUT2D eigenvalue weighted by molar-refractivity contribution is -0.143. The maximum absolute atomic E-state index is 13.4. The van der Waals surface area contributed by atoms with E-state index in [4.69, 9.17) is 4.74 Å². The van der Waals surface area contributed by atoms with Crippen molar-refractivity contribution >= 4 is 27.7 Å². The van der Waals surface area contributed by atoms with Crippen LogP contribution in [0.5, 0.6) is 5.75 Å². The van der Waals surface area contributed by atoms with Gasteiger partial charge in [0.15, 0.2) is 6.61 Å². The molecular formula is C26H32BrFN2O3. The second-order valence-electron chi connectivity index (χ2n) is 8.72. The maximum atomic E-state index is 13.4. The summed E-state index contributed by atoms with van der Waals surface area (Å²) in [4.78, 5) is 28.0. The molecule has 178 valence electrons. The lowest BCUT2D eigenvalue weighted by Crippen LogP contribution is -2.52. The molecule has 3 rings (SSSR count). The molecule has 0 aliphatic heterocycles. The molecular weight excluding hydrogens is 487 g/mol. The highest BCUT2D eigenvalue weighted by atomic mass is 79.9. The van der Waals surface area contributed by atoms with E-state index in [-0.39, 0.29) is 36.8 Å². The molecule has 33 heavy (non-hydrogen) atoms. The average Bonchev–Trinajstić information content (AvgIpc) is 3.29. The summed E-state index contributed by atoms with van der Waals surface area (Å²) in [5.74, 6) is -0.167. The Hall–Kier alpha value is -2.41. The monoisotopic (exact) mass is 518 g/mol. The molecule has 1 aliphatic rings. The number of aryl methyl sites for hydroxylation is 2. The number of rotatable bonds is 9. The van der Waals surface area contributed by atoms with Crippen LogP contribution in [-0.4, -0.2) is 35.4 Å². The fourth-order valence-corrected chi connectivity index (χ4v) is 4.52. The van der Waals surface area contributed by atoms with E-state index in [9.17, 15) is 14.0 Å². The molecule has 2 amide bonds. The van der Waals surface area contributed by atoms with Crippen LogP contribution in [0.3, 0.4) is 0 Å². The van der Waals surface area contributed by atoms with Crippen LogP contribution < -0.4 is 10.1 Å². The van der Waals surface area contributed by atoms with Crippen molar-refractivity contribution in [2.45, 2.75) is 71.5 Å². The molecule has 1 unspecified atom stereocenters. The Morgan fingerprint density at radius 2 is 1.76 bits per heavy atom. The summed E-state index contributed by atoms with van der Waals surface area (Å²) >= 11 is 3.54. The van der Waals surface area contributed by atoms with Crippen molar-refractivity contribution < 1.29 is 18.7 Å². The number of amides is 2. The number of ether oxygens (including phenoxy) is 1. The highest BCUT2D eigenvalue weighted by Gasteiger charge is 2.31. The smallest absolute Gasteiger partial charge is 0.261 e. The predicted octanol–water partition coefficient (Wildman–Crippen LogP) is 5.45. The molecule has 0 bridgehead atoms. The fraction of sp³-hybridized carbons (Fsp3) is 0.462. The SMILES string of the molecule is CCC(C(=O)NC1CCCC1)N(Cc1ccc(F)cc1)C(=O)COc1cc(C)c(Br)c(C)c1. The van der Waals surface area contributed by atoms with Gasteiger partial charge >= 0.3 is 0 Å². The summed E-state index contributed by atoms with van der Waals surface area (Å²) in [6.45, 7) is 5.85. The number of nitrogens with zero attached hydrogens (tertiary/aromatic N) is 1. The summed E-state index contributed by atoms with van der Waals surface area (Å²) in [5.41, 5.74) is 2.79. The first-order chi connectivity index (χ1) is 15.8. The van der Waals surface area contributed by atoms with Crippen LogP contribution in [0.25, 0.3) is 0 Å². The van der Waals surface area contributed by atoms with Gasteiger partial charge in [0.25, 0.3) is 5.91 Å². The molecule has 5 nitrogen and oxygen atoms in total. The highest BCUT2D eigenvalue weighted by Crippen LogP contribution is 2.26. The number of hydrogen-bond acceptors (Lipinski definition) is 3. The van der Waals surface area contributed by atoms with Crippen molar-refractivity contribution in [2.75, 3.05) is 6.61 Å². The number of nitrogens with one attached hydrogen (secondary N) is 1. The second kappa shape index (κ2) is 11.6. The molecule has 2 aromatic rings. The van der Waals surface area contributed by atoms with Crippen molar-refractivity contribution in [2.24, 2.45) is 0 Å². The Morgan fingerprint density at radius 1 is 1.15 bits per heavy atom. The molecule has 1 saturated carbocycles. The highest BCUT2D eigenvalue weighted by molar-refractivity contribution is 9.10. The minimum Gasteiger partial charge on any atom is -0.484 e. The molecule has 1 N–H and O–H groups in total. The number of carbonyl (C=O) groups excluding carboxylic acids is 2. The van der Waals surface area contributed by atoms with E-state index >= 15 is 0 Å². The van der Waals surface area contributed by atoms with Crippen molar-refractivity contribution in [3.63, 3.8) is 0 Å². The molecule has 0 heterocycles. The van der Waals surface area contributed by atoms with Gasteiger partial charge in [0.2, 0.25) is 5.91 Å². The Balaban J connectivity index is 1.77. The lowest BCUT2D eigenvalue weighted by Gasteiger charge is -2.31. The molecule has 0 radical (unpaired) electrons. The minimum atomic E-state index is -0.625. The van der Waals surface area contributed by atoms with Gasteiger partial charge in [-0.3, -0.25) is 9.59 Å². The standard InChI is InChI=1S/C26H32BrFN2O3/c1-4-23(26(32)29-21-7-5-6-8-21)30(15-19-9-11-20(28)12-10-19)24(31)16-33-22-13-17(2)25(27)18(3)14-22/h9-14,21,23H,4-8,15-16H2,1-3H3,(H,29,32). The molecule has 1 aliphatic carbocycles. The summed E-state index contributed by atoms with van der Waals surface area (Å²) < 4.78 is 20.2. The molecule has 7 heteroatoms. The number of carbonyl (C=O) groups is 2. The first-order valence-corrected chi connectivity index (χ1v) is 12.3. The molecule has 0 saturated heterocycles. The maximum Gasteiger partial charge on any atom is 0.261 e. The molecule has 1 fully saturated rings. The topological polar surface area (TPSA) is 58.6 Å². The largest absolute Gasteiger partial charge is 0.484 e. The third-order valence-electron chi connectivity index (χ3n) is 6.13. The summed E-state index contributed by atoms with van der Waals surface area (Å²) in [7, 11) is 0. The minimum absolute atomic E-state index is 0.143. The summed E-state index contributed by atoms with van der Waals surface area (Å²) in [6, 6.07) is 9.29. The van der Waals surface area contributed by atoms with Gasteiger partial charge in [-0.1, -0.05) is 47.8 Å². The van der Waals surface area contributed by atoms with Crippen LogP contribution in [0.15, 0.2) is 40.9 Å². The zero-order valence-electron chi connectivity index (χ0n) is 19.5. The quantitative estimate of drug-likeness (QED) is 0.480. The van der Waals surface area contributed by atoms with Gasteiger partial charge in [-0.05, 0) is 74.1 Å². The van der Waals surface area contributed by atoms with Gasteiger partial charge in [0.05, 0.1) is 0 Å². The Labute approximate surface area is 203 Å². The van der Waals surface area contributed by atoms with Gasteiger partial charge in [-0.2, -0.15) is 0 Å². The van der Waals surface area contributed by atoms with Gasteiger partial charge < -0.3 is 15.0 Å². The van der Waals surface area contributed by atoms with Crippen LogP contribution in [0.2, 0.25) is 0 Å². The van der Waals surface area contributed by atoms with Crippen molar-refractivity contribution in [1.29, 1.82) is 0 Å². The number of halogens is 2. The van der Waals surface area contributed by atoms with E-state index in [1.807, 2.05) is 32.9 Å². The summed E-state index contributed by atoms with van der Waals surface area (Å²) in [5, 5.41) is 3.12. The Kier molecular flexibility index (Phi) is 8.89. The first-order valence-electron chi connectivity index (χ1n) is 11.5. The number of benzene rings is 2. The second-order valence-corrected chi connectivity index (χ2v) is 9.51. The van der Waals surface area contributed by atoms with Gasteiger partial charge in [0.1, 0.15) is 17.6 Å². The van der Waals surface area contributed by atoms with E-state index in [1.165, 1.54) is 12.1 Å². The van der Waals surface area contributed by atoms with E-state index in [1.54, 1.807) is 17.0 Å². The fourth-order valence-electron chi connectivity index (χ4n) is 4.29. The van der Waals surface area contributed by atoms with Crippen LogP contribution in [0.1, 0.15) is 55.7 Å². The van der Waals surface area contributed by atoms with Gasteiger partial charge in [-0.15, -0.1) is 0 Å². The van der Waals surface area contributed by atoms with Crippen LogP contribution in [0, 0.1) is 19.7 Å². The van der Waals surface area contributed by atoms with E-state index in [2.05, 4.69) is 21.2 Å². The molecule has 0 spiro atoms. The third kappa shape index (κ3) is 6.79. The van der Waals surface area contributed by atoms with Crippen LogP contribution in [0.4, 0.5) is 4.39 Å². The van der Waals surface area contributed by atoms with Gasteiger partial charge in [-0.25, -0.2) is 4.39 Å². The lowest BCUT2D eigenvalue weighted by atomic mass is 10.1. The van der Waals surface area contributed by atoms with E-state index in [0.29, 0.717) is 12.2 Å². The normalized spacial score (nSPS) is 14.7. The zero-order valence-corrected chi connectivity index (χ0v) is 21.1. The first kappa shape index (κ1) is 25.2. The third-order valence-corrected chi connectivity index (χ3v) is 7.38. The Morgan fingerprint density at radius 3 is 2.33 bits per heavy atom. The van der Waals surface area contributed by atoms with Crippen molar-refractivity contribution in [3.05, 3.63) is 63.4 Å². The zero-order chi connectivity index (χ0) is 24.0. The molecule has 2 aromatic carbocycles. The average molecular weight is 519 g/mol. The molecule has 0 aromatic heterocycles. The number of hydrogen-bond donors (Lipinski definition) is 1. The van der Waals surface area contributed by atoms with Gasteiger partial charge in [0, 0.05) is 17.1 Å². The van der Waals surface area contributed by atoms with Crippen LogP contribution >= 0.6 is 15.9 Å². The summed E-state index contributed by atoms with van der Waals surface area (Å²) in [6.07, 6.45) is 4.64. The predicted molar refractivity (Wildman–Crippen MR) is 131 cm³/mol.